The van der Waals surface area contributed by atoms with Crippen LogP contribution >= 0.6 is 0 Å². The number of fused-ring (bicyclic) bond motifs is 3. The molecule has 1 aliphatic heterocycles. The van der Waals surface area contributed by atoms with Crippen LogP contribution in [0.15, 0.2) is 103 Å². The van der Waals surface area contributed by atoms with Crippen LogP contribution < -0.4 is 4.57 Å². The lowest BCUT2D eigenvalue weighted by atomic mass is 9.81. The number of hydrogen-bond acceptors (Lipinski definition) is 0. The van der Waals surface area contributed by atoms with E-state index in [0.29, 0.717) is 11.8 Å². The van der Waals surface area contributed by atoms with E-state index in [0.717, 1.165) is 6.54 Å². The fourth-order valence-electron chi connectivity index (χ4n) is 5.92. The molecule has 1 aliphatic rings. The number of rotatable bonds is 5. The van der Waals surface area contributed by atoms with Crippen LogP contribution in [0.5, 0.6) is 0 Å². The second kappa shape index (κ2) is 8.95. The summed E-state index contributed by atoms with van der Waals surface area (Å²) in [4.78, 5) is 0. The van der Waals surface area contributed by atoms with Crippen molar-refractivity contribution >= 4 is 0 Å². The summed E-state index contributed by atoms with van der Waals surface area (Å²) in [6.45, 7) is 10.3. The van der Waals surface area contributed by atoms with Crippen molar-refractivity contribution in [2.24, 2.45) is 0 Å². The van der Waals surface area contributed by atoms with E-state index in [4.69, 9.17) is 0 Å². The van der Waals surface area contributed by atoms with Gasteiger partial charge in [-0.1, -0.05) is 107 Å². The van der Waals surface area contributed by atoms with Crippen LogP contribution in [-0.4, -0.2) is 4.57 Å². The number of nitrogens with zero attached hydrogens (tertiary/aromatic N) is 2. The van der Waals surface area contributed by atoms with Gasteiger partial charge in [0.25, 0.3) is 5.82 Å². The molecule has 0 N–H and O–H groups in total. The minimum Gasteiger partial charge on any atom is -0.225 e. The molecule has 0 aliphatic carbocycles. The van der Waals surface area contributed by atoms with Crippen LogP contribution in [-0.2, 0) is 6.54 Å². The summed E-state index contributed by atoms with van der Waals surface area (Å²) in [6.07, 6.45) is 4.53. The third-order valence-electron chi connectivity index (χ3n) is 7.44. The first kappa shape index (κ1) is 22.5. The van der Waals surface area contributed by atoms with Crippen LogP contribution in [0, 0.1) is 0 Å². The number of hydrogen-bond donors (Lipinski definition) is 0. The van der Waals surface area contributed by atoms with Gasteiger partial charge in [0.05, 0.1) is 5.56 Å². The largest absolute Gasteiger partial charge is 0.294 e. The first-order valence-electron chi connectivity index (χ1n) is 13.1. The first-order valence-corrected chi connectivity index (χ1v) is 13.1. The fourth-order valence-corrected chi connectivity index (χ4v) is 5.92. The van der Waals surface area contributed by atoms with Gasteiger partial charge < -0.3 is 0 Å². The Labute approximate surface area is 214 Å². The van der Waals surface area contributed by atoms with Crippen LogP contribution in [0.3, 0.4) is 0 Å². The molecule has 5 aromatic rings. The molecule has 6 rings (SSSR count). The zero-order valence-electron chi connectivity index (χ0n) is 21.6. The zero-order valence-corrected chi connectivity index (χ0v) is 21.6. The van der Waals surface area contributed by atoms with E-state index in [-0.39, 0.29) is 0 Å². The summed E-state index contributed by atoms with van der Waals surface area (Å²) in [5.41, 5.74) is 12.1. The lowest BCUT2D eigenvalue weighted by Gasteiger charge is -2.25. The van der Waals surface area contributed by atoms with Gasteiger partial charge in [0.1, 0.15) is 24.6 Å². The third-order valence-corrected chi connectivity index (χ3v) is 7.44. The van der Waals surface area contributed by atoms with E-state index < -0.39 is 0 Å². The minimum absolute atomic E-state index is 0.359. The molecular weight excluding hydrogens is 436 g/mol. The molecule has 0 amide bonds. The lowest BCUT2D eigenvalue weighted by molar-refractivity contribution is -0.671. The van der Waals surface area contributed by atoms with Crippen molar-refractivity contribution in [3.05, 3.63) is 120 Å². The molecule has 0 spiro atoms. The number of benzene rings is 4. The van der Waals surface area contributed by atoms with Gasteiger partial charge in [0.15, 0.2) is 0 Å². The van der Waals surface area contributed by atoms with Gasteiger partial charge in [-0.05, 0) is 46.2 Å². The molecule has 2 heterocycles. The quantitative estimate of drug-likeness (QED) is 0.224. The highest BCUT2D eigenvalue weighted by Gasteiger charge is 2.34. The topological polar surface area (TPSA) is 8.81 Å². The average Bonchev–Trinajstić information content (AvgIpc) is 3.48. The molecule has 0 unspecified atom stereocenters. The second-order valence-electron chi connectivity index (χ2n) is 10.5. The zero-order chi connectivity index (χ0) is 24.8. The summed E-state index contributed by atoms with van der Waals surface area (Å²) < 4.78 is 4.88. The Bertz CT molecular complexity index is 1470. The number of aromatic nitrogens is 2. The van der Waals surface area contributed by atoms with E-state index in [1.54, 1.807) is 0 Å². The lowest BCUT2D eigenvalue weighted by Crippen LogP contribution is -2.30. The van der Waals surface area contributed by atoms with E-state index >= 15 is 0 Å². The molecule has 0 radical (unpaired) electrons. The molecule has 0 saturated carbocycles. The Morgan fingerprint density at radius 1 is 0.639 bits per heavy atom. The van der Waals surface area contributed by atoms with E-state index in [1.807, 2.05) is 0 Å². The summed E-state index contributed by atoms with van der Waals surface area (Å²) >= 11 is 0. The van der Waals surface area contributed by atoms with Crippen molar-refractivity contribution in [3.63, 3.8) is 0 Å². The maximum Gasteiger partial charge on any atom is 0.294 e. The summed E-state index contributed by atoms with van der Waals surface area (Å²) in [5.74, 6) is 1.99. The van der Waals surface area contributed by atoms with Crippen molar-refractivity contribution < 1.29 is 4.57 Å². The Kier molecular flexibility index (Phi) is 5.60. The normalized spacial score (nSPS) is 12.3. The first-order chi connectivity index (χ1) is 17.5. The smallest absolute Gasteiger partial charge is 0.225 e. The standard InChI is InChI=1S/C34H33N2/c1-23(2)31-29(25-13-7-5-8-14-25)21-30(26-15-9-6-10-16-26)32(24(3)4)33(31)36-20-19-35-22-27-17-11-12-18-28(27)34(35)36/h5-21,23-24H,22H2,1-4H3/q+1. The monoisotopic (exact) mass is 469 g/mol. The Morgan fingerprint density at radius 3 is 1.72 bits per heavy atom. The molecule has 2 heteroatoms. The highest BCUT2D eigenvalue weighted by molar-refractivity contribution is 5.84. The van der Waals surface area contributed by atoms with Crippen molar-refractivity contribution in [3.8, 4) is 39.3 Å². The predicted octanol–water partition coefficient (Wildman–Crippen LogP) is 8.37. The van der Waals surface area contributed by atoms with E-state index in [1.165, 1.54) is 56.0 Å². The maximum atomic E-state index is 2.48. The summed E-state index contributed by atoms with van der Waals surface area (Å²) in [7, 11) is 0. The summed E-state index contributed by atoms with van der Waals surface area (Å²) in [5, 5.41) is 0. The van der Waals surface area contributed by atoms with Crippen molar-refractivity contribution in [1.29, 1.82) is 0 Å². The average molecular weight is 470 g/mol. The van der Waals surface area contributed by atoms with Crippen LogP contribution in [0.25, 0.3) is 39.3 Å². The van der Waals surface area contributed by atoms with Gasteiger partial charge in [-0.15, -0.1) is 0 Å². The van der Waals surface area contributed by atoms with Gasteiger partial charge in [-0.2, -0.15) is 4.57 Å². The van der Waals surface area contributed by atoms with Gasteiger partial charge in [-0.25, -0.2) is 4.57 Å². The predicted molar refractivity (Wildman–Crippen MR) is 150 cm³/mol. The Hall–Kier alpha value is -3.91. The molecule has 36 heavy (non-hydrogen) atoms. The highest BCUT2D eigenvalue weighted by atomic mass is 15.2. The van der Waals surface area contributed by atoms with E-state index in [9.17, 15) is 0 Å². The molecule has 178 valence electrons. The Balaban J connectivity index is 1.76. The summed E-state index contributed by atoms with van der Waals surface area (Å²) in [6, 6.07) is 33.1. The van der Waals surface area contributed by atoms with Gasteiger partial charge in [-0.3, -0.25) is 0 Å². The molecule has 0 atom stereocenters. The molecule has 2 nitrogen and oxygen atoms in total. The Morgan fingerprint density at radius 2 is 1.17 bits per heavy atom. The second-order valence-corrected chi connectivity index (χ2v) is 10.5. The molecule has 0 bridgehead atoms. The van der Waals surface area contributed by atoms with Crippen molar-refractivity contribution in [2.45, 2.75) is 46.1 Å². The van der Waals surface area contributed by atoms with Crippen molar-refractivity contribution in [2.75, 3.05) is 0 Å². The molecule has 4 aromatic carbocycles. The van der Waals surface area contributed by atoms with Gasteiger partial charge >= 0.3 is 0 Å². The minimum atomic E-state index is 0.359. The van der Waals surface area contributed by atoms with E-state index in [2.05, 4.69) is 140 Å². The van der Waals surface area contributed by atoms with Gasteiger partial charge in [0.2, 0.25) is 0 Å². The maximum absolute atomic E-state index is 2.48. The highest BCUT2D eigenvalue weighted by Crippen LogP contribution is 2.45. The van der Waals surface area contributed by atoms with Crippen molar-refractivity contribution in [1.82, 2.24) is 4.57 Å². The molecule has 0 saturated heterocycles. The van der Waals surface area contributed by atoms with Gasteiger partial charge in [0, 0.05) is 16.7 Å². The third kappa shape index (κ3) is 3.60. The number of imidazole rings is 1. The molecule has 0 fully saturated rings. The fraction of sp³-hybridized carbons (Fsp3) is 0.206. The van der Waals surface area contributed by atoms with Crippen LogP contribution in [0.1, 0.15) is 56.2 Å². The van der Waals surface area contributed by atoms with Crippen LogP contribution in [0.2, 0.25) is 0 Å². The van der Waals surface area contributed by atoms with Crippen LogP contribution in [0.4, 0.5) is 0 Å². The SMILES string of the molecule is CC(C)c1c(-c2ccccc2)cc(-c2ccccc2)c(C(C)C)c1-n1cc[n+]2c1-c1ccccc1C2. The molecular formula is C34H33N2+. The molecule has 1 aromatic heterocycles.